The van der Waals surface area contributed by atoms with E-state index in [1.54, 1.807) is 11.8 Å². The molecule has 2 rings (SSSR count). The standard InChI is InChI=1S/C14H15ClN2S/c1-2-16-14-11(4-3-9-17-14)10-18-13-7-5-12(15)6-8-13/h3-9H,2,10H2,1H3,(H,16,17). The molecule has 2 aromatic rings. The van der Waals surface area contributed by atoms with Crippen LogP contribution in [-0.2, 0) is 5.75 Å². The zero-order valence-corrected chi connectivity index (χ0v) is 11.8. The van der Waals surface area contributed by atoms with E-state index in [1.807, 2.05) is 36.5 Å². The maximum Gasteiger partial charge on any atom is 0.129 e. The van der Waals surface area contributed by atoms with Crippen molar-refractivity contribution < 1.29 is 0 Å². The van der Waals surface area contributed by atoms with Crippen LogP contribution in [0.2, 0.25) is 5.02 Å². The van der Waals surface area contributed by atoms with Crippen LogP contribution >= 0.6 is 23.4 Å². The number of nitrogens with zero attached hydrogens (tertiary/aromatic N) is 1. The van der Waals surface area contributed by atoms with Crippen molar-refractivity contribution in [3.05, 3.63) is 53.2 Å². The lowest BCUT2D eigenvalue weighted by molar-refractivity contribution is 1.13. The normalized spacial score (nSPS) is 10.3. The summed E-state index contributed by atoms with van der Waals surface area (Å²) in [7, 11) is 0. The summed E-state index contributed by atoms with van der Waals surface area (Å²) < 4.78 is 0. The molecule has 2 nitrogen and oxygen atoms in total. The van der Waals surface area contributed by atoms with Gasteiger partial charge in [-0.2, -0.15) is 0 Å². The molecule has 0 fully saturated rings. The van der Waals surface area contributed by atoms with Gasteiger partial charge in [0, 0.05) is 34.0 Å². The lowest BCUT2D eigenvalue weighted by atomic mass is 10.3. The fraction of sp³-hybridized carbons (Fsp3) is 0.214. The Balaban J connectivity index is 2.03. The highest BCUT2D eigenvalue weighted by Gasteiger charge is 2.03. The average Bonchev–Trinajstić information content (AvgIpc) is 2.40. The highest BCUT2D eigenvalue weighted by Crippen LogP contribution is 2.26. The van der Waals surface area contributed by atoms with E-state index in [-0.39, 0.29) is 0 Å². The first kappa shape index (κ1) is 13.2. The summed E-state index contributed by atoms with van der Waals surface area (Å²) in [5.41, 5.74) is 1.22. The Hall–Kier alpha value is -1.19. The first-order valence-corrected chi connectivity index (χ1v) is 7.22. The fourth-order valence-corrected chi connectivity index (χ4v) is 2.58. The third-order valence-corrected chi connectivity index (χ3v) is 3.76. The predicted octanol–water partition coefficient (Wildman–Crippen LogP) is 4.46. The number of thioether (sulfide) groups is 1. The van der Waals surface area contributed by atoms with Crippen LogP contribution in [-0.4, -0.2) is 11.5 Å². The second-order valence-corrected chi connectivity index (χ2v) is 5.27. The molecule has 0 amide bonds. The molecule has 0 bridgehead atoms. The third-order valence-electron chi connectivity index (χ3n) is 2.44. The zero-order chi connectivity index (χ0) is 12.8. The van der Waals surface area contributed by atoms with Gasteiger partial charge in [-0.15, -0.1) is 11.8 Å². The van der Waals surface area contributed by atoms with Crippen LogP contribution in [0.3, 0.4) is 0 Å². The number of rotatable bonds is 5. The molecule has 0 saturated heterocycles. The molecule has 0 aliphatic rings. The minimum absolute atomic E-state index is 0.772. The van der Waals surface area contributed by atoms with Gasteiger partial charge >= 0.3 is 0 Å². The van der Waals surface area contributed by atoms with Gasteiger partial charge in [0.05, 0.1) is 0 Å². The minimum atomic E-state index is 0.772. The van der Waals surface area contributed by atoms with E-state index in [4.69, 9.17) is 11.6 Å². The Morgan fingerprint density at radius 3 is 2.72 bits per heavy atom. The first-order valence-electron chi connectivity index (χ1n) is 5.85. The molecule has 0 aliphatic heterocycles. The molecule has 4 heteroatoms. The van der Waals surface area contributed by atoms with E-state index < -0.39 is 0 Å². The molecule has 0 radical (unpaired) electrons. The van der Waals surface area contributed by atoms with Gasteiger partial charge in [-0.3, -0.25) is 0 Å². The van der Waals surface area contributed by atoms with Crippen LogP contribution in [0, 0.1) is 0 Å². The molecule has 0 aliphatic carbocycles. The quantitative estimate of drug-likeness (QED) is 0.818. The van der Waals surface area contributed by atoms with E-state index >= 15 is 0 Å². The highest BCUT2D eigenvalue weighted by atomic mass is 35.5. The van der Waals surface area contributed by atoms with Crippen LogP contribution < -0.4 is 5.32 Å². The summed E-state index contributed by atoms with van der Waals surface area (Å²) in [6.07, 6.45) is 1.81. The summed E-state index contributed by atoms with van der Waals surface area (Å²) in [5.74, 6) is 1.87. The summed E-state index contributed by atoms with van der Waals surface area (Å²) in [5, 5.41) is 4.05. The van der Waals surface area contributed by atoms with Gasteiger partial charge in [-0.05, 0) is 37.3 Å². The SMILES string of the molecule is CCNc1ncccc1CSc1ccc(Cl)cc1. The van der Waals surface area contributed by atoms with Crippen LogP contribution in [0.5, 0.6) is 0 Å². The average molecular weight is 279 g/mol. The van der Waals surface area contributed by atoms with E-state index in [0.29, 0.717) is 0 Å². The van der Waals surface area contributed by atoms with Crippen molar-refractivity contribution in [2.24, 2.45) is 0 Å². The number of hydrogen-bond acceptors (Lipinski definition) is 3. The summed E-state index contributed by atoms with van der Waals surface area (Å²) in [6, 6.07) is 12.0. The van der Waals surface area contributed by atoms with Gasteiger partial charge in [0.1, 0.15) is 5.82 Å². The maximum atomic E-state index is 5.87. The topological polar surface area (TPSA) is 24.9 Å². The predicted molar refractivity (Wildman–Crippen MR) is 79.4 cm³/mol. The Morgan fingerprint density at radius 1 is 1.22 bits per heavy atom. The molecule has 1 aromatic carbocycles. The number of nitrogens with one attached hydrogen (secondary N) is 1. The molecule has 1 heterocycles. The van der Waals surface area contributed by atoms with Gasteiger partial charge in [0.25, 0.3) is 0 Å². The van der Waals surface area contributed by atoms with Crippen LogP contribution in [0.1, 0.15) is 12.5 Å². The Bertz CT molecular complexity index is 499. The molecule has 0 saturated carbocycles. The maximum absolute atomic E-state index is 5.87. The lowest BCUT2D eigenvalue weighted by Gasteiger charge is -2.08. The van der Waals surface area contributed by atoms with Crippen molar-refractivity contribution in [2.75, 3.05) is 11.9 Å². The van der Waals surface area contributed by atoms with Gasteiger partial charge in [0.2, 0.25) is 0 Å². The van der Waals surface area contributed by atoms with Crippen molar-refractivity contribution >= 4 is 29.2 Å². The second kappa shape index (κ2) is 6.66. The van der Waals surface area contributed by atoms with Crippen molar-refractivity contribution in [1.82, 2.24) is 4.98 Å². The van der Waals surface area contributed by atoms with E-state index in [1.165, 1.54) is 10.5 Å². The molecule has 0 atom stereocenters. The molecule has 1 aromatic heterocycles. The Morgan fingerprint density at radius 2 is 2.00 bits per heavy atom. The molecule has 0 unspecified atom stereocenters. The molecule has 1 N–H and O–H groups in total. The number of halogens is 1. The van der Waals surface area contributed by atoms with Gasteiger partial charge in [-0.25, -0.2) is 4.98 Å². The summed E-state index contributed by atoms with van der Waals surface area (Å²) >= 11 is 7.65. The molecular formula is C14H15ClN2S. The summed E-state index contributed by atoms with van der Waals surface area (Å²) in [4.78, 5) is 5.56. The first-order chi connectivity index (χ1) is 8.79. The van der Waals surface area contributed by atoms with Crippen LogP contribution in [0.25, 0.3) is 0 Å². The Kier molecular flexibility index (Phi) is 4.90. The number of anilines is 1. The van der Waals surface area contributed by atoms with Gasteiger partial charge < -0.3 is 5.32 Å². The molecule has 94 valence electrons. The molecular weight excluding hydrogens is 264 g/mol. The largest absolute Gasteiger partial charge is 0.370 e. The van der Waals surface area contributed by atoms with Crippen molar-refractivity contribution in [1.29, 1.82) is 0 Å². The molecule has 18 heavy (non-hydrogen) atoms. The van der Waals surface area contributed by atoms with E-state index in [0.717, 1.165) is 23.1 Å². The lowest BCUT2D eigenvalue weighted by Crippen LogP contribution is -2.02. The Labute approximate surface area is 117 Å². The van der Waals surface area contributed by atoms with Crippen molar-refractivity contribution in [2.45, 2.75) is 17.6 Å². The molecule has 0 spiro atoms. The fourth-order valence-electron chi connectivity index (χ4n) is 1.57. The highest BCUT2D eigenvalue weighted by molar-refractivity contribution is 7.98. The summed E-state index contributed by atoms with van der Waals surface area (Å²) in [6.45, 7) is 2.96. The number of hydrogen-bond donors (Lipinski definition) is 1. The second-order valence-electron chi connectivity index (χ2n) is 3.78. The van der Waals surface area contributed by atoms with Gasteiger partial charge in [-0.1, -0.05) is 17.7 Å². The third kappa shape index (κ3) is 3.65. The zero-order valence-electron chi connectivity index (χ0n) is 10.2. The van der Waals surface area contributed by atoms with E-state index in [9.17, 15) is 0 Å². The number of aromatic nitrogens is 1. The van der Waals surface area contributed by atoms with Crippen molar-refractivity contribution in [3.63, 3.8) is 0 Å². The smallest absolute Gasteiger partial charge is 0.129 e. The van der Waals surface area contributed by atoms with Crippen molar-refractivity contribution in [3.8, 4) is 0 Å². The minimum Gasteiger partial charge on any atom is -0.370 e. The van der Waals surface area contributed by atoms with Gasteiger partial charge in [0.15, 0.2) is 0 Å². The van der Waals surface area contributed by atoms with Crippen LogP contribution in [0.15, 0.2) is 47.5 Å². The monoisotopic (exact) mass is 278 g/mol. The van der Waals surface area contributed by atoms with Crippen LogP contribution in [0.4, 0.5) is 5.82 Å². The number of pyridine rings is 1. The number of benzene rings is 1. The van der Waals surface area contributed by atoms with E-state index in [2.05, 4.69) is 23.3 Å².